The van der Waals surface area contributed by atoms with Crippen LogP contribution in [0.3, 0.4) is 0 Å². The molecule has 0 aromatic rings. The lowest BCUT2D eigenvalue weighted by Gasteiger charge is -2.45. The second-order valence-electron chi connectivity index (χ2n) is 6.98. The Morgan fingerprint density at radius 1 is 0.256 bits per heavy atom. The van der Waals surface area contributed by atoms with E-state index in [0.717, 1.165) is 0 Å². The van der Waals surface area contributed by atoms with Gasteiger partial charge in [0.05, 0.1) is 0 Å². The summed E-state index contributed by atoms with van der Waals surface area (Å²) in [5.74, 6) is -99.4. The molecule has 0 saturated carbocycles. The van der Waals surface area contributed by atoms with Crippen LogP contribution < -0.4 is 0 Å². The molecular formula is C13HF25O. The largest absolute Gasteiger partial charge is 0.460 e. The molecule has 0 atom stereocenters. The van der Waals surface area contributed by atoms with Crippen molar-refractivity contribution in [2.45, 2.75) is 71.3 Å². The van der Waals surface area contributed by atoms with Crippen LogP contribution in [0.5, 0.6) is 0 Å². The van der Waals surface area contributed by atoms with Crippen LogP contribution in [-0.4, -0.2) is 77.6 Å². The number of rotatable bonds is 11. The Bertz CT molecular complexity index is 921. The van der Waals surface area contributed by atoms with E-state index >= 15 is 0 Å². The van der Waals surface area contributed by atoms with Crippen LogP contribution in [0.15, 0.2) is 0 Å². The van der Waals surface area contributed by atoms with Crippen LogP contribution in [0.2, 0.25) is 0 Å². The third-order valence-corrected chi connectivity index (χ3v) is 4.47. The minimum absolute atomic E-state index is 2.76. The molecule has 234 valence electrons. The first kappa shape index (κ1) is 36.9. The summed E-state index contributed by atoms with van der Waals surface area (Å²) >= 11 is 0. The normalized spacial score (nSPS) is 16.9. The first-order valence-electron chi connectivity index (χ1n) is 8.00. The molecule has 0 heterocycles. The number of alkyl halides is 25. The van der Waals surface area contributed by atoms with Crippen molar-refractivity contribution >= 4 is 6.29 Å². The van der Waals surface area contributed by atoms with Crippen molar-refractivity contribution in [3.8, 4) is 0 Å². The zero-order valence-corrected chi connectivity index (χ0v) is 16.4. The summed E-state index contributed by atoms with van der Waals surface area (Å²) in [5, 5.41) is 0. The van der Waals surface area contributed by atoms with E-state index in [1.165, 1.54) is 0 Å². The zero-order chi connectivity index (χ0) is 32.7. The zero-order valence-electron chi connectivity index (χ0n) is 16.4. The molecule has 39 heavy (non-hydrogen) atoms. The molecule has 0 rings (SSSR count). The smallest absolute Gasteiger partial charge is 0.296 e. The number of hydrogen-bond donors (Lipinski definition) is 0. The van der Waals surface area contributed by atoms with Crippen molar-refractivity contribution in [3.63, 3.8) is 0 Å². The predicted molar refractivity (Wildman–Crippen MR) is 66.5 cm³/mol. The molecule has 0 N–H and O–H groups in total. The Hall–Kier alpha value is -2.08. The molecular weight excluding hydrogens is 647 g/mol. The van der Waals surface area contributed by atoms with Gasteiger partial charge in [0.2, 0.25) is 0 Å². The molecule has 0 saturated heterocycles. The van der Waals surface area contributed by atoms with Gasteiger partial charge >= 0.3 is 71.3 Å². The Kier molecular flexibility index (Phi) is 8.24. The second-order valence-corrected chi connectivity index (χ2v) is 6.98. The molecule has 0 aliphatic heterocycles. The molecule has 0 aromatic carbocycles. The molecule has 0 aliphatic rings. The molecule has 0 spiro atoms. The van der Waals surface area contributed by atoms with Gasteiger partial charge in [0.25, 0.3) is 0 Å². The maximum absolute atomic E-state index is 13.4. The van der Waals surface area contributed by atoms with E-state index in [0.29, 0.717) is 0 Å². The van der Waals surface area contributed by atoms with Crippen molar-refractivity contribution in [1.82, 2.24) is 0 Å². The number of aldehydes is 1. The minimum atomic E-state index is -9.62. The summed E-state index contributed by atoms with van der Waals surface area (Å²) in [6.45, 7) is 0. The van der Waals surface area contributed by atoms with Crippen molar-refractivity contribution in [2.24, 2.45) is 0 Å². The monoisotopic (exact) mass is 648 g/mol. The maximum atomic E-state index is 13.4. The van der Waals surface area contributed by atoms with Crippen LogP contribution in [0, 0.1) is 0 Å². The summed E-state index contributed by atoms with van der Waals surface area (Å²) < 4.78 is 325. The molecule has 0 unspecified atom stereocenters. The lowest BCUT2D eigenvalue weighted by molar-refractivity contribution is -0.481. The van der Waals surface area contributed by atoms with Gasteiger partial charge in [0.1, 0.15) is 0 Å². The fourth-order valence-electron chi connectivity index (χ4n) is 2.04. The quantitative estimate of drug-likeness (QED) is 0.166. The van der Waals surface area contributed by atoms with E-state index in [1.807, 2.05) is 0 Å². The van der Waals surface area contributed by atoms with E-state index in [2.05, 4.69) is 0 Å². The SMILES string of the molecule is O=CC(F)(F)C(F)(F)C(F)(F)C(F)(F)C(F)(F)C(F)(F)C(F)(F)C(F)(F)C(F)(F)C(F)(F)C(F)(F)C(F)(F)F. The van der Waals surface area contributed by atoms with Gasteiger partial charge in [-0.3, -0.25) is 4.79 Å². The first-order valence-corrected chi connectivity index (χ1v) is 8.00. The van der Waals surface area contributed by atoms with Gasteiger partial charge in [0.15, 0.2) is 6.29 Å². The highest BCUT2D eigenvalue weighted by Crippen LogP contribution is 2.67. The summed E-state index contributed by atoms with van der Waals surface area (Å²) in [7, 11) is 0. The third kappa shape index (κ3) is 4.14. The molecule has 0 bridgehead atoms. The van der Waals surface area contributed by atoms with Gasteiger partial charge in [-0.25, -0.2) is 0 Å². The van der Waals surface area contributed by atoms with Crippen LogP contribution in [0.1, 0.15) is 0 Å². The van der Waals surface area contributed by atoms with Crippen LogP contribution in [0.4, 0.5) is 110 Å². The van der Waals surface area contributed by atoms with Crippen molar-refractivity contribution in [1.29, 1.82) is 0 Å². The van der Waals surface area contributed by atoms with Crippen molar-refractivity contribution < 1.29 is 115 Å². The predicted octanol–water partition coefficient (Wildman–Crippen LogP) is 7.74. The van der Waals surface area contributed by atoms with Crippen LogP contribution >= 0.6 is 0 Å². The highest BCUT2D eigenvalue weighted by atomic mass is 19.4. The molecule has 26 heteroatoms. The summed E-state index contributed by atoms with van der Waals surface area (Å²) in [6.07, 6.45) is -10.9. The molecule has 1 nitrogen and oxygen atoms in total. The van der Waals surface area contributed by atoms with E-state index in [1.54, 1.807) is 0 Å². The fourth-order valence-corrected chi connectivity index (χ4v) is 2.04. The molecule has 0 amide bonds. The van der Waals surface area contributed by atoms with Gasteiger partial charge < -0.3 is 0 Å². The molecule has 0 fully saturated rings. The van der Waals surface area contributed by atoms with Gasteiger partial charge in [-0.2, -0.15) is 110 Å². The van der Waals surface area contributed by atoms with E-state index in [9.17, 15) is 115 Å². The number of halogens is 25. The molecule has 0 radical (unpaired) electrons. The molecule has 0 aliphatic carbocycles. The van der Waals surface area contributed by atoms with E-state index in [-0.39, 0.29) is 0 Å². The standard InChI is InChI=1S/C13HF25O/c14-2(15,1-39)3(16,17)4(18,19)5(20,21)6(22,23)7(24,25)8(26,27)9(28,29)10(30,31)11(32,33)12(34,35)13(36,37)38/h1H. The first-order chi connectivity index (χ1) is 16.3. The average molecular weight is 648 g/mol. The lowest BCUT2D eigenvalue weighted by atomic mass is 9.84. The lowest BCUT2D eigenvalue weighted by Crippen LogP contribution is -2.78. The second kappa shape index (κ2) is 8.71. The number of carbonyl (C=O) groups excluding carboxylic acids is 1. The minimum Gasteiger partial charge on any atom is -0.296 e. The van der Waals surface area contributed by atoms with E-state index in [4.69, 9.17) is 0 Å². The van der Waals surface area contributed by atoms with Crippen LogP contribution in [0.25, 0.3) is 0 Å². The average Bonchev–Trinajstić information content (AvgIpc) is 2.71. The Balaban J connectivity index is 7.33. The van der Waals surface area contributed by atoms with Gasteiger partial charge in [-0.15, -0.1) is 0 Å². The number of carbonyl (C=O) groups is 1. The van der Waals surface area contributed by atoms with Crippen LogP contribution in [-0.2, 0) is 4.79 Å². The van der Waals surface area contributed by atoms with Gasteiger partial charge in [-0.1, -0.05) is 0 Å². The van der Waals surface area contributed by atoms with E-state index < -0.39 is 77.6 Å². The maximum Gasteiger partial charge on any atom is 0.460 e. The fraction of sp³-hybridized carbons (Fsp3) is 0.923. The summed E-state index contributed by atoms with van der Waals surface area (Å²) in [5.41, 5.74) is 0. The Morgan fingerprint density at radius 3 is 0.564 bits per heavy atom. The number of hydrogen-bond acceptors (Lipinski definition) is 1. The summed E-state index contributed by atoms with van der Waals surface area (Å²) in [6, 6.07) is 0. The Labute approximate surface area is 193 Å². The molecule has 0 aromatic heterocycles. The highest BCUT2D eigenvalue weighted by molar-refractivity contribution is 5.62. The Morgan fingerprint density at radius 2 is 0.410 bits per heavy atom. The highest BCUT2D eigenvalue weighted by Gasteiger charge is 2.99. The van der Waals surface area contributed by atoms with Gasteiger partial charge in [-0.05, 0) is 0 Å². The van der Waals surface area contributed by atoms with Gasteiger partial charge in [0, 0.05) is 0 Å². The third-order valence-electron chi connectivity index (χ3n) is 4.47. The topological polar surface area (TPSA) is 17.1 Å². The van der Waals surface area contributed by atoms with Crippen molar-refractivity contribution in [2.75, 3.05) is 0 Å². The van der Waals surface area contributed by atoms with Crippen molar-refractivity contribution in [3.05, 3.63) is 0 Å². The summed E-state index contributed by atoms with van der Waals surface area (Å²) in [4.78, 5) is 9.68.